The van der Waals surface area contributed by atoms with E-state index in [9.17, 15) is 18.5 Å². The van der Waals surface area contributed by atoms with Crippen LogP contribution in [0.3, 0.4) is 0 Å². The first-order valence-electron chi connectivity index (χ1n) is 6.97. The van der Waals surface area contributed by atoms with Crippen molar-refractivity contribution in [3.05, 3.63) is 40.5 Å². The van der Waals surface area contributed by atoms with Gasteiger partial charge in [-0.2, -0.15) is 0 Å². The number of allylic oxidation sites excluding steroid dienone is 2. The number of benzene rings is 1. The summed E-state index contributed by atoms with van der Waals surface area (Å²) in [5, 5.41) is 16.1. The fraction of sp³-hybridized carbons (Fsp3) is 0.429. The summed E-state index contributed by atoms with van der Waals surface area (Å²) in [5.74, 6) is 1.50. The number of nitrogens with zero attached hydrogens (tertiary/aromatic N) is 1. The van der Waals surface area contributed by atoms with Gasteiger partial charge in [-0.25, -0.2) is 13.6 Å². The van der Waals surface area contributed by atoms with Gasteiger partial charge in [0.05, 0.1) is 16.4 Å². The number of nitro groups is 1. The second-order valence-corrected chi connectivity index (χ2v) is 7.34. The molecule has 1 aromatic carbocycles. The summed E-state index contributed by atoms with van der Waals surface area (Å²) in [5.41, 5.74) is -0.384. The van der Waals surface area contributed by atoms with E-state index >= 15 is 0 Å². The quantitative estimate of drug-likeness (QED) is 0.504. The first kappa shape index (κ1) is 15.0. The Morgan fingerprint density at radius 3 is 2.64 bits per heavy atom. The number of rotatable bonds is 5. The molecule has 0 aromatic heterocycles. The van der Waals surface area contributed by atoms with Crippen molar-refractivity contribution in [2.75, 3.05) is 6.61 Å². The average Bonchev–Trinajstić information content (AvgIpc) is 3.06. The maximum atomic E-state index is 11.3. The monoisotopic (exact) mass is 324 g/mol. The van der Waals surface area contributed by atoms with Crippen molar-refractivity contribution in [2.24, 2.45) is 22.9 Å². The van der Waals surface area contributed by atoms with Gasteiger partial charge < -0.3 is 4.74 Å². The van der Waals surface area contributed by atoms with E-state index in [0.717, 1.165) is 18.9 Å². The number of hydrogen-bond acceptors (Lipinski definition) is 5. The minimum atomic E-state index is -3.98. The summed E-state index contributed by atoms with van der Waals surface area (Å²) in [6.45, 7) is 0.390. The number of nitro benzene ring substituents is 1. The van der Waals surface area contributed by atoms with Crippen LogP contribution in [0.15, 0.2) is 35.2 Å². The Kier molecular flexibility index (Phi) is 3.65. The topological polar surface area (TPSA) is 113 Å². The molecule has 0 heterocycles. The molecule has 1 aromatic rings. The highest BCUT2D eigenvalue weighted by Gasteiger charge is 2.36. The van der Waals surface area contributed by atoms with Gasteiger partial charge in [-0.15, -0.1) is 0 Å². The van der Waals surface area contributed by atoms with E-state index in [-0.39, 0.29) is 16.3 Å². The van der Waals surface area contributed by atoms with Crippen LogP contribution < -0.4 is 9.88 Å². The van der Waals surface area contributed by atoms with Crippen LogP contribution in [-0.4, -0.2) is 19.9 Å². The molecule has 7 nitrogen and oxygen atoms in total. The molecule has 0 aliphatic heterocycles. The maximum absolute atomic E-state index is 11.3. The van der Waals surface area contributed by atoms with Gasteiger partial charge in [0, 0.05) is 6.07 Å². The van der Waals surface area contributed by atoms with Crippen LogP contribution in [0, 0.1) is 27.9 Å². The number of hydrogen-bond donors (Lipinski definition) is 1. The van der Waals surface area contributed by atoms with E-state index in [0.29, 0.717) is 24.4 Å². The minimum absolute atomic E-state index is 0.0733. The van der Waals surface area contributed by atoms with Crippen LogP contribution in [0.2, 0.25) is 0 Å². The molecule has 1 saturated carbocycles. The molecule has 0 spiro atoms. The molecule has 1 fully saturated rings. The first-order chi connectivity index (χ1) is 10.3. The van der Waals surface area contributed by atoms with Crippen molar-refractivity contribution in [3.63, 3.8) is 0 Å². The zero-order chi connectivity index (χ0) is 15.9. The fourth-order valence-corrected chi connectivity index (χ4v) is 3.76. The number of ether oxygens (including phenoxy) is 1. The van der Waals surface area contributed by atoms with Crippen LogP contribution in [0.25, 0.3) is 0 Å². The lowest BCUT2D eigenvalue weighted by molar-refractivity contribution is -0.386. The van der Waals surface area contributed by atoms with Gasteiger partial charge in [0.25, 0.3) is 0 Å². The molecule has 2 aliphatic carbocycles. The molecule has 2 aliphatic rings. The average molecular weight is 324 g/mol. The Labute approximate surface area is 128 Å². The van der Waals surface area contributed by atoms with Crippen molar-refractivity contribution >= 4 is 15.7 Å². The third kappa shape index (κ3) is 2.84. The summed E-state index contributed by atoms with van der Waals surface area (Å²) >= 11 is 0. The van der Waals surface area contributed by atoms with Crippen molar-refractivity contribution in [1.82, 2.24) is 0 Å². The van der Waals surface area contributed by atoms with Crippen LogP contribution in [-0.2, 0) is 10.0 Å². The molecule has 8 heteroatoms. The van der Waals surface area contributed by atoms with Crippen LogP contribution in [0.5, 0.6) is 5.75 Å². The van der Waals surface area contributed by atoms with E-state index in [1.807, 2.05) is 0 Å². The van der Waals surface area contributed by atoms with E-state index in [4.69, 9.17) is 9.88 Å². The molecular weight excluding hydrogens is 308 g/mol. The van der Waals surface area contributed by atoms with E-state index in [2.05, 4.69) is 12.2 Å². The van der Waals surface area contributed by atoms with Gasteiger partial charge >= 0.3 is 5.69 Å². The van der Waals surface area contributed by atoms with Crippen LogP contribution in [0.1, 0.15) is 12.8 Å². The highest BCUT2D eigenvalue weighted by Crippen LogP contribution is 2.43. The molecule has 2 unspecified atom stereocenters. The Bertz CT molecular complexity index is 744. The predicted octanol–water partition coefficient (Wildman–Crippen LogP) is 1.83. The Balaban J connectivity index is 1.78. The van der Waals surface area contributed by atoms with E-state index in [1.165, 1.54) is 12.1 Å². The molecule has 3 atom stereocenters. The Morgan fingerprint density at radius 1 is 1.32 bits per heavy atom. The van der Waals surface area contributed by atoms with Gasteiger partial charge in [-0.05, 0) is 42.7 Å². The molecule has 118 valence electrons. The molecule has 2 bridgehead atoms. The van der Waals surface area contributed by atoms with Gasteiger partial charge in [0.1, 0.15) is 0 Å². The minimum Gasteiger partial charge on any atom is -0.486 e. The number of fused-ring (bicyclic) bond motifs is 2. The standard InChI is InChI=1S/C14H16N2O5S/c15-22(19,20)12-3-4-14(13(7-12)16(17)18)21-8-11-6-9-1-2-10(11)5-9/h1-4,7,9-11H,5-6,8H2,(H2,15,19,20)/t9-,10?,11?/m0/s1. The summed E-state index contributed by atoms with van der Waals surface area (Å²) in [4.78, 5) is 10.1. The van der Waals surface area contributed by atoms with Crippen LogP contribution >= 0.6 is 0 Å². The van der Waals surface area contributed by atoms with Gasteiger partial charge in [0.15, 0.2) is 5.75 Å². The molecule has 3 rings (SSSR count). The zero-order valence-electron chi connectivity index (χ0n) is 11.7. The summed E-state index contributed by atoms with van der Waals surface area (Å²) in [6.07, 6.45) is 6.55. The van der Waals surface area contributed by atoms with E-state index < -0.39 is 14.9 Å². The van der Waals surface area contributed by atoms with Crippen molar-refractivity contribution < 1.29 is 18.1 Å². The number of primary sulfonamides is 1. The third-order valence-corrected chi connectivity index (χ3v) is 5.24. The molecule has 22 heavy (non-hydrogen) atoms. The fourth-order valence-electron chi connectivity index (χ4n) is 3.22. The summed E-state index contributed by atoms with van der Waals surface area (Å²) < 4.78 is 28.2. The second kappa shape index (κ2) is 5.36. The normalized spacial score (nSPS) is 26.3. The van der Waals surface area contributed by atoms with Crippen molar-refractivity contribution in [1.29, 1.82) is 0 Å². The van der Waals surface area contributed by atoms with Crippen molar-refractivity contribution in [2.45, 2.75) is 17.7 Å². The second-order valence-electron chi connectivity index (χ2n) is 5.78. The van der Waals surface area contributed by atoms with Crippen molar-refractivity contribution in [3.8, 4) is 5.75 Å². The molecule has 0 amide bonds. The lowest BCUT2D eigenvalue weighted by Gasteiger charge is -2.18. The van der Waals surface area contributed by atoms with Gasteiger partial charge in [-0.1, -0.05) is 12.2 Å². The molecule has 0 radical (unpaired) electrons. The van der Waals surface area contributed by atoms with Crippen LogP contribution in [0.4, 0.5) is 5.69 Å². The molecular formula is C14H16N2O5S. The SMILES string of the molecule is NS(=O)(=O)c1ccc(OCC2C[C@H]3C=CC2C3)c([N+](=O)[O-])c1. The predicted molar refractivity (Wildman–Crippen MR) is 78.8 cm³/mol. The van der Waals surface area contributed by atoms with E-state index in [1.54, 1.807) is 0 Å². The Hall–Kier alpha value is -1.93. The largest absolute Gasteiger partial charge is 0.486 e. The highest BCUT2D eigenvalue weighted by atomic mass is 32.2. The lowest BCUT2D eigenvalue weighted by atomic mass is 9.95. The smallest absolute Gasteiger partial charge is 0.312 e. The van der Waals surface area contributed by atoms with Gasteiger partial charge in [-0.3, -0.25) is 10.1 Å². The third-order valence-electron chi connectivity index (χ3n) is 4.32. The first-order valence-corrected chi connectivity index (χ1v) is 8.51. The maximum Gasteiger partial charge on any atom is 0.312 e. The zero-order valence-corrected chi connectivity index (χ0v) is 12.5. The summed E-state index contributed by atoms with van der Waals surface area (Å²) in [6, 6.07) is 3.45. The number of sulfonamides is 1. The molecule has 0 saturated heterocycles. The van der Waals surface area contributed by atoms with Gasteiger partial charge in [0.2, 0.25) is 10.0 Å². The Morgan fingerprint density at radius 2 is 2.09 bits per heavy atom. The number of nitrogens with two attached hydrogens (primary N) is 1. The lowest BCUT2D eigenvalue weighted by Crippen LogP contribution is -2.17. The molecule has 2 N–H and O–H groups in total. The highest BCUT2D eigenvalue weighted by molar-refractivity contribution is 7.89. The summed E-state index contributed by atoms with van der Waals surface area (Å²) in [7, 11) is -3.98.